The molecule has 3 rings (SSSR count). The maximum absolute atomic E-state index is 12.6. The second kappa shape index (κ2) is 9.23. The van der Waals surface area contributed by atoms with Crippen LogP contribution in [0.15, 0.2) is 58.6 Å². The topological polar surface area (TPSA) is 92.3 Å². The summed E-state index contributed by atoms with van der Waals surface area (Å²) in [6.07, 6.45) is 0. The first-order chi connectivity index (χ1) is 13.8. The highest BCUT2D eigenvalue weighted by molar-refractivity contribution is 7.98. The van der Waals surface area contributed by atoms with Crippen LogP contribution < -0.4 is 5.32 Å². The predicted octanol–water partition coefficient (Wildman–Crippen LogP) is 3.99. The largest absolute Gasteiger partial charge is 0.297 e. The molecule has 0 fully saturated rings. The second-order valence-electron chi connectivity index (χ2n) is 6.04. The molecule has 1 amide bonds. The van der Waals surface area contributed by atoms with Gasteiger partial charge in [0.15, 0.2) is 0 Å². The maximum Gasteiger partial charge on any atom is 0.259 e. The fourth-order valence-electron chi connectivity index (χ4n) is 2.26. The molecule has 1 N–H and O–H groups in total. The van der Waals surface area contributed by atoms with Gasteiger partial charge in [0.25, 0.3) is 5.91 Å². The van der Waals surface area contributed by atoms with E-state index in [1.807, 2.05) is 30.3 Å². The van der Waals surface area contributed by atoms with Crippen molar-refractivity contribution in [1.82, 2.24) is 13.7 Å². The van der Waals surface area contributed by atoms with Gasteiger partial charge < -0.3 is 0 Å². The molecular weight excluding hydrogens is 452 g/mol. The highest BCUT2D eigenvalue weighted by Crippen LogP contribution is 2.26. The lowest BCUT2D eigenvalue weighted by molar-refractivity contribution is 0.102. The Morgan fingerprint density at radius 2 is 1.93 bits per heavy atom. The quantitative estimate of drug-likeness (QED) is 0.527. The smallest absolute Gasteiger partial charge is 0.259 e. The lowest BCUT2D eigenvalue weighted by Gasteiger charge is -2.12. The Hall–Kier alpha value is -1.98. The van der Waals surface area contributed by atoms with Crippen LogP contribution in [0.5, 0.6) is 0 Å². The molecule has 0 radical (unpaired) electrons. The number of rotatable bonds is 7. The van der Waals surface area contributed by atoms with Gasteiger partial charge in [0.2, 0.25) is 20.3 Å². The zero-order valence-corrected chi connectivity index (χ0v) is 18.7. The summed E-state index contributed by atoms with van der Waals surface area (Å²) in [5, 5.41) is 3.62. The van der Waals surface area contributed by atoms with Gasteiger partial charge in [0.1, 0.15) is 0 Å². The molecule has 0 unspecified atom stereocenters. The summed E-state index contributed by atoms with van der Waals surface area (Å²) in [5.74, 6) is 0.155. The number of benzene rings is 2. The van der Waals surface area contributed by atoms with Crippen LogP contribution in [-0.2, 0) is 15.8 Å². The molecule has 29 heavy (non-hydrogen) atoms. The number of sulfonamides is 1. The Balaban J connectivity index is 1.71. The van der Waals surface area contributed by atoms with E-state index in [0.29, 0.717) is 16.0 Å². The summed E-state index contributed by atoms with van der Waals surface area (Å²) < 4.78 is 29.9. The SMILES string of the molecule is CN(C)S(=O)(=O)c1ccc(Cl)c(C(=O)Nc2nc(SCc3ccccc3)ns2)c1. The molecule has 0 spiro atoms. The van der Waals surface area contributed by atoms with Crippen molar-refractivity contribution in [3.63, 3.8) is 0 Å². The summed E-state index contributed by atoms with van der Waals surface area (Å²) >= 11 is 8.60. The van der Waals surface area contributed by atoms with Crippen molar-refractivity contribution >= 4 is 56.0 Å². The van der Waals surface area contributed by atoms with Crippen LogP contribution in [0.25, 0.3) is 0 Å². The Morgan fingerprint density at radius 1 is 1.21 bits per heavy atom. The van der Waals surface area contributed by atoms with Gasteiger partial charge in [-0.3, -0.25) is 10.1 Å². The normalized spacial score (nSPS) is 11.6. The van der Waals surface area contributed by atoms with Crippen molar-refractivity contribution in [2.75, 3.05) is 19.4 Å². The lowest BCUT2D eigenvalue weighted by Crippen LogP contribution is -2.23. The fourth-order valence-corrected chi connectivity index (χ4v) is 4.88. The van der Waals surface area contributed by atoms with E-state index in [-0.39, 0.29) is 15.5 Å². The van der Waals surface area contributed by atoms with Gasteiger partial charge in [-0.25, -0.2) is 12.7 Å². The summed E-state index contributed by atoms with van der Waals surface area (Å²) in [4.78, 5) is 16.9. The molecule has 0 bridgehead atoms. The zero-order valence-electron chi connectivity index (χ0n) is 15.5. The molecule has 0 saturated carbocycles. The molecule has 2 aromatic carbocycles. The highest BCUT2D eigenvalue weighted by atomic mass is 35.5. The number of nitrogens with one attached hydrogen (secondary N) is 1. The molecule has 152 valence electrons. The number of amides is 1. The second-order valence-corrected chi connectivity index (χ2v) is 10.3. The molecule has 0 aliphatic heterocycles. The molecule has 0 aliphatic rings. The van der Waals surface area contributed by atoms with Gasteiger partial charge >= 0.3 is 0 Å². The number of carbonyl (C=O) groups is 1. The molecule has 3 aromatic rings. The fraction of sp³-hybridized carbons (Fsp3) is 0.167. The number of anilines is 1. The van der Waals surface area contributed by atoms with E-state index in [0.717, 1.165) is 21.4 Å². The summed E-state index contributed by atoms with van der Waals surface area (Å²) in [6.45, 7) is 0. The Labute approximate surface area is 182 Å². The van der Waals surface area contributed by atoms with Crippen LogP contribution in [-0.4, -0.2) is 42.1 Å². The molecular formula is C18H17ClN4O3S3. The van der Waals surface area contributed by atoms with Crippen molar-refractivity contribution in [2.45, 2.75) is 15.8 Å². The van der Waals surface area contributed by atoms with Crippen molar-refractivity contribution in [3.8, 4) is 0 Å². The first-order valence-corrected chi connectivity index (χ1v) is 11.9. The van der Waals surface area contributed by atoms with E-state index < -0.39 is 15.9 Å². The van der Waals surface area contributed by atoms with E-state index in [1.54, 1.807) is 0 Å². The standard InChI is InChI=1S/C18H17ClN4O3S3/c1-23(2)29(25,26)13-8-9-15(19)14(10-13)16(24)20-17-21-18(22-28-17)27-11-12-6-4-3-5-7-12/h3-10H,11H2,1-2H3,(H,20,21,22,24). The number of carbonyl (C=O) groups excluding carboxylic acids is 1. The van der Waals surface area contributed by atoms with E-state index in [4.69, 9.17) is 11.6 Å². The molecule has 0 aliphatic carbocycles. The lowest BCUT2D eigenvalue weighted by atomic mass is 10.2. The zero-order chi connectivity index (χ0) is 21.0. The average molecular weight is 469 g/mol. The summed E-state index contributed by atoms with van der Waals surface area (Å²) in [6, 6.07) is 13.9. The Bertz CT molecular complexity index is 1120. The van der Waals surface area contributed by atoms with Crippen molar-refractivity contribution < 1.29 is 13.2 Å². The Morgan fingerprint density at radius 3 is 2.62 bits per heavy atom. The minimum atomic E-state index is -3.69. The molecule has 0 saturated heterocycles. The van der Waals surface area contributed by atoms with Crippen LogP contribution in [0.4, 0.5) is 5.13 Å². The minimum absolute atomic E-state index is 0.0200. The molecule has 11 heteroatoms. The highest BCUT2D eigenvalue weighted by Gasteiger charge is 2.21. The number of hydrogen-bond donors (Lipinski definition) is 1. The third-order valence-corrected chi connectivity index (χ3v) is 7.60. The number of thioether (sulfide) groups is 1. The third kappa shape index (κ3) is 5.34. The number of halogens is 1. The first-order valence-electron chi connectivity index (χ1n) is 8.31. The van der Waals surface area contributed by atoms with E-state index in [9.17, 15) is 13.2 Å². The van der Waals surface area contributed by atoms with E-state index in [2.05, 4.69) is 14.7 Å². The van der Waals surface area contributed by atoms with Crippen LogP contribution in [0.1, 0.15) is 15.9 Å². The maximum atomic E-state index is 12.6. The molecule has 1 aromatic heterocycles. The number of aromatic nitrogens is 2. The predicted molar refractivity (Wildman–Crippen MR) is 116 cm³/mol. The van der Waals surface area contributed by atoms with Gasteiger partial charge in [0.05, 0.1) is 15.5 Å². The first kappa shape index (κ1) is 21.7. The monoisotopic (exact) mass is 468 g/mol. The average Bonchev–Trinajstić information content (AvgIpc) is 3.14. The van der Waals surface area contributed by atoms with E-state index in [1.165, 1.54) is 44.1 Å². The minimum Gasteiger partial charge on any atom is -0.297 e. The van der Waals surface area contributed by atoms with Crippen molar-refractivity contribution in [2.24, 2.45) is 0 Å². The van der Waals surface area contributed by atoms with E-state index >= 15 is 0 Å². The Kier molecular flexibility index (Phi) is 6.91. The number of hydrogen-bond acceptors (Lipinski definition) is 7. The van der Waals surface area contributed by atoms with Gasteiger partial charge in [-0.05, 0) is 23.8 Å². The molecule has 7 nitrogen and oxygen atoms in total. The summed E-state index contributed by atoms with van der Waals surface area (Å²) in [7, 11) is -0.854. The van der Waals surface area contributed by atoms with Crippen LogP contribution in [0.3, 0.4) is 0 Å². The molecule has 0 atom stereocenters. The van der Waals surface area contributed by atoms with Gasteiger partial charge in [0, 0.05) is 31.4 Å². The van der Waals surface area contributed by atoms with Crippen LogP contribution in [0, 0.1) is 0 Å². The van der Waals surface area contributed by atoms with Crippen LogP contribution >= 0.6 is 34.9 Å². The van der Waals surface area contributed by atoms with Crippen LogP contribution in [0.2, 0.25) is 5.02 Å². The van der Waals surface area contributed by atoms with Crippen molar-refractivity contribution in [1.29, 1.82) is 0 Å². The van der Waals surface area contributed by atoms with Crippen molar-refractivity contribution in [3.05, 3.63) is 64.7 Å². The van der Waals surface area contributed by atoms with Gasteiger partial charge in [-0.15, -0.1) is 0 Å². The summed E-state index contributed by atoms with van der Waals surface area (Å²) in [5.41, 5.74) is 1.19. The molecule has 1 heterocycles. The number of nitrogens with zero attached hydrogens (tertiary/aromatic N) is 3. The van der Waals surface area contributed by atoms with Gasteiger partial charge in [-0.2, -0.15) is 9.36 Å². The third-order valence-electron chi connectivity index (χ3n) is 3.80. The van der Waals surface area contributed by atoms with Gasteiger partial charge in [-0.1, -0.05) is 53.7 Å².